The van der Waals surface area contributed by atoms with Crippen molar-refractivity contribution in [3.8, 4) is 17.1 Å². The molecule has 4 nitrogen and oxygen atoms in total. The summed E-state index contributed by atoms with van der Waals surface area (Å²) in [4.78, 5) is 0. The second-order valence-electron chi connectivity index (χ2n) is 16.1. The molecule has 12 aromatic rings. The van der Waals surface area contributed by atoms with Gasteiger partial charge in [-0.1, -0.05) is 140 Å². The van der Waals surface area contributed by atoms with E-state index in [1.807, 2.05) is 0 Å². The van der Waals surface area contributed by atoms with Crippen LogP contribution in [0.5, 0.6) is 0 Å². The summed E-state index contributed by atoms with van der Waals surface area (Å²) in [5.41, 5.74) is 14.7. The minimum absolute atomic E-state index is 0.0471. The summed E-state index contributed by atoms with van der Waals surface area (Å²) in [6, 6.07) is 69.2. The number of nitrogens with zero attached hydrogens (tertiary/aromatic N) is 4. The molecule has 0 aliphatic heterocycles. The van der Waals surface area contributed by atoms with Gasteiger partial charge in [0.1, 0.15) is 0 Å². The third-order valence-corrected chi connectivity index (χ3v) is 13.1. The van der Waals surface area contributed by atoms with Crippen LogP contribution in [0.15, 0.2) is 194 Å². The largest absolute Gasteiger partial charge is 0.331 e. The molecule has 8 aromatic carbocycles. The molecule has 0 bridgehead atoms. The van der Waals surface area contributed by atoms with E-state index in [-0.39, 0.29) is 12.0 Å². The van der Waals surface area contributed by atoms with Crippen molar-refractivity contribution in [2.45, 2.75) is 18.9 Å². The highest BCUT2D eigenvalue weighted by Gasteiger charge is 2.33. The van der Waals surface area contributed by atoms with Gasteiger partial charge in [0, 0.05) is 60.5 Å². The molecule has 0 N–H and O–H groups in total. The molecule has 0 saturated heterocycles. The molecule has 4 heterocycles. The molecule has 4 aromatic heterocycles. The van der Waals surface area contributed by atoms with Gasteiger partial charge in [0.15, 0.2) is 0 Å². The molecule has 2 unspecified atom stereocenters. The molecule has 0 radical (unpaired) electrons. The summed E-state index contributed by atoms with van der Waals surface area (Å²) < 4.78 is 10.1. The van der Waals surface area contributed by atoms with E-state index < -0.39 is 0 Å². The van der Waals surface area contributed by atoms with Gasteiger partial charge in [-0.15, -0.1) is 0 Å². The van der Waals surface area contributed by atoms with E-state index in [4.69, 9.17) is 0 Å². The number of para-hydroxylation sites is 7. The second kappa shape index (κ2) is 12.2. The molecule has 4 heteroatoms. The topological polar surface area (TPSA) is 19.7 Å². The Balaban J connectivity index is 1.16. The molecule has 1 aliphatic carbocycles. The Morgan fingerprint density at radius 2 is 0.814 bits per heavy atom. The van der Waals surface area contributed by atoms with Gasteiger partial charge in [-0.3, -0.25) is 0 Å². The van der Waals surface area contributed by atoms with Crippen LogP contribution in [0.3, 0.4) is 0 Å². The SMILES string of the molecule is CC1c2c(n(-c3ccccc3)c3ccccc23)C=CC1n1c2ccccc2c2cc(-n3c4ccccc4c4ccccc43)cc(-n3c4ccccc4c4ccccc43)c21. The van der Waals surface area contributed by atoms with Crippen molar-refractivity contribution in [2.75, 3.05) is 0 Å². The van der Waals surface area contributed by atoms with Crippen LogP contribution >= 0.6 is 0 Å². The van der Waals surface area contributed by atoms with E-state index in [9.17, 15) is 0 Å². The maximum Gasteiger partial charge on any atom is 0.0743 e. The van der Waals surface area contributed by atoms with E-state index in [1.54, 1.807) is 0 Å². The van der Waals surface area contributed by atoms with Gasteiger partial charge >= 0.3 is 0 Å². The highest BCUT2D eigenvalue weighted by molar-refractivity contribution is 6.16. The number of aromatic nitrogens is 4. The lowest BCUT2D eigenvalue weighted by molar-refractivity contribution is 0.539. The lowest BCUT2D eigenvalue weighted by atomic mass is 9.86. The fourth-order valence-corrected chi connectivity index (χ4v) is 10.7. The van der Waals surface area contributed by atoms with E-state index in [1.165, 1.54) is 99.0 Å². The summed E-state index contributed by atoms with van der Waals surface area (Å²) >= 11 is 0. The van der Waals surface area contributed by atoms with Gasteiger partial charge < -0.3 is 18.3 Å². The first-order valence-corrected chi connectivity index (χ1v) is 20.7. The molecule has 13 rings (SSSR count). The summed E-state index contributed by atoms with van der Waals surface area (Å²) in [5, 5.41) is 8.84. The summed E-state index contributed by atoms with van der Waals surface area (Å²) in [7, 11) is 0. The smallest absolute Gasteiger partial charge is 0.0743 e. The Bertz CT molecular complexity index is 3590. The zero-order valence-corrected chi connectivity index (χ0v) is 32.5. The predicted octanol–water partition coefficient (Wildman–Crippen LogP) is 14.3. The van der Waals surface area contributed by atoms with Crippen LogP contribution in [-0.2, 0) is 0 Å². The zero-order chi connectivity index (χ0) is 38.8. The monoisotopic (exact) mass is 754 g/mol. The highest BCUT2D eigenvalue weighted by atomic mass is 15.1. The van der Waals surface area contributed by atoms with Crippen molar-refractivity contribution in [1.29, 1.82) is 0 Å². The first kappa shape index (κ1) is 32.5. The van der Waals surface area contributed by atoms with Gasteiger partial charge in [-0.25, -0.2) is 0 Å². The Morgan fingerprint density at radius 3 is 1.37 bits per heavy atom. The first-order valence-electron chi connectivity index (χ1n) is 20.7. The molecule has 0 spiro atoms. The Hall–Kier alpha value is -7.56. The van der Waals surface area contributed by atoms with E-state index in [0.717, 1.165) is 5.69 Å². The van der Waals surface area contributed by atoms with E-state index >= 15 is 0 Å². The lowest BCUT2D eigenvalue weighted by Gasteiger charge is -2.30. The predicted molar refractivity (Wildman–Crippen MR) is 248 cm³/mol. The van der Waals surface area contributed by atoms with Crippen LogP contribution in [-0.4, -0.2) is 18.3 Å². The summed E-state index contributed by atoms with van der Waals surface area (Å²) in [6.45, 7) is 2.43. The number of allylic oxidation sites excluding steroid dienone is 1. The van der Waals surface area contributed by atoms with Crippen molar-refractivity contribution in [2.24, 2.45) is 0 Å². The molecular formula is C55H38N4. The quantitative estimate of drug-likeness (QED) is 0.170. The highest BCUT2D eigenvalue weighted by Crippen LogP contribution is 2.49. The van der Waals surface area contributed by atoms with E-state index in [0.29, 0.717) is 0 Å². The lowest BCUT2D eigenvalue weighted by Crippen LogP contribution is -2.18. The second-order valence-corrected chi connectivity index (χ2v) is 16.1. The van der Waals surface area contributed by atoms with Crippen molar-refractivity contribution >= 4 is 82.4 Å². The molecule has 59 heavy (non-hydrogen) atoms. The fraction of sp³-hybridized carbons (Fsp3) is 0.0545. The fourth-order valence-electron chi connectivity index (χ4n) is 10.7. The van der Waals surface area contributed by atoms with Crippen molar-refractivity contribution in [3.63, 3.8) is 0 Å². The standard InChI is InChI=1S/C55H38N4/c1-35-45(31-32-52-54(35)43-24-10-16-30-51(43)56(52)36-17-3-2-4-18-36)59-50-29-15-9-23-42(50)44-33-37(57-46-25-11-5-19-38(46)39-20-6-12-26-47(39)57)34-53(55(44)59)58-48-27-13-7-21-40(48)41-22-8-14-28-49(41)58/h2-35,45H,1H3. The number of hydrogen-bond acceptors (Lipinski definition) is 0. The summed E-state index contributed by atoms with van der Waals surface area (Å²) in [5.74, 6) is 0.173. The zero-order valence-electron chi connectivity index (χ0n) is 32.5. The Kier molecular flexibility index (Phi) is 6.74. The van der Waals surface area contributed by atoms with Crippen molar-refractivity contribution in [1.82, 2.24) is 18.3 Å². The van der Waals surface area contributed by atoms with E-state index in [2.05, 4.69) is 225 Å². The third kappa shape index (κ3) is 4.43. The van der Waals surface area contributed by atoms with Gasteiger partial charge in [0.25, 0.3) is 0 Å². The van der Waals surface area contributed by atoms with Gasteiger partial charge in [-0.05, 0) is 72.3 Å². The van der Waals surface area contributed by atoms with Crippen LogP contribution in [0.4, 0.5) is 0 Å². The first-order chi connectivity index (χ1) is 29.2. The van der Waals surface area contributed by atoms with Crippen LogP contribution in [0.2, 0.25) is 0 Å². The number of fused-ring (bicyclic) bond motifs is 12. The Labute approximate surface area is 340 Å². The van der Waals surface area contributed by atoms with Crippen LogP contribution in [0, 0.1) is 0 Å². The number of benzene rings is 8. The third-order valence-electron chi connectivity index (χ3n) is 13.1. The van der Waals surface area contributed by atoms with Gasteiger partial charge in [0.2, 0.25) is 0 Å². The molecular weight excluding hydrogens is 717 g/mol. The number of rotatable bonds is 4. The molecule has 2 atom stereocenters. The average Bonchev–Trinajstić information content (AvgIpc) is 4.02. The Morgan fingerprint density at radius 1 is 0.373 bits per heavy atom. The molecule has 0 fully saturated rings. The minimum atomic E-state index is 0.0471. The molecule has 1 aliphatic rings. The van der Waals surface area contributed by atoms with Crippen molar-refractivity contribution < 1.29 is 0 Å². The summed E-state index contributed by atoms with van der Waals surface area (Å²) in [6.07, 6.45) is 4.86. The van der Waals surface area contributed by atoms with Crippen LogP contribution < -0.4 is 0 Å². The van der Waals surface area contributed by atoms with Gasteiger partial charge in [-0.2, -0.15) is 0 Å². The molecule has 0 saturated carbocycles. The van der Waals surface area contributed by atoms with Crippen LogP contribution in [0.25, 0.3) is 99.5 Å². The molecule has 278 valence electrons. The van der Waals surface area contributed by atoms with Crippen molar-refractivity contribution in [3.05, 3.63) is 205 Å². The molecule has 0 amide bonds. The minimum Gasteiger partial charge on any atom is -0.331 e. The maximum absolute atomic E-state index is 2.66. The maximum atomic E-state index is 2.66. The van der Waals surface area contributed by atoms with Crippen LogP contribution in [0.1, 0.15) is 30.1 Å². The van der Waals surface area contributed by atoms with Gasteiger partial charge in [0.05, 0.1) is 50.5 Å². The number of hydrogen-bond donors (Lipinski definition) is 0. The normalized spacial score (nSPS) is 15.5. The average molecular weight is 755 g/mol.